The molecule has 5 atom stereocenters. The van der Waals surface area contributed by atoms with E-state index >= 15 is 0 Å². The Balaban J connectivity index is 5.26. The third kappa shape index (κ3) is 79.9. The molecule has 0 aliphatic carbocycles. The lowest BCUT2D eigenvalue weighted by atomic mass is 10.0. The third-order valence-electron chi connectivity index (χ3n) is 20.2. The fourth-order valence-corrected chi connectivity index (χ4v) is 15.0. The summed E-state index contributed by atoms with van der Waals surface area (Å²) in [5, 5.41) is 10.7. The highest BCUT2D eigenvalue weighted by Crippen LogP contribution is 2.45. The molecule has 0 aliphatic heterocycles. The van der Waals surface area contributed by atoms with E-state index in [2.05, 4.69) is 41.5 Å². The Bertz CT molecular complexity index is 2010. The summed E-state index contributed by atoms with van der Waals surface area (Å²) in [7, 11) is -9.93. The highest BCUT2D eigenvalue weighted by atomic mass is 31.2. The number of aliphatic hydroxyl groups is 1. The standard InChI is InChI=1S/C86H168O17P2/c1-7-9-11-13-15-17-19-21-23-24-25-26-30-34-37-44-50-56-62-68-83(88)96-74-81(102-86(91)71-65-59-53-47-39-35-31-28-27-29-32-36-42-48-54-60-66-78(3)4)76-100-104(92,93)98-72-80(87)73-99-105(94,95)101-77-82(75-97-84(89)69-63-57-51-45-41-40-43-49-55-61-67-79(5)6)103-85(90)70-64-58-52-46-38-33-22-20-18-16-14-12-10-8-2/h78-82,87H,7-77H2,1-6H3,(H,92,93)(H,94,95)/t80-,81-,82-/m1/s1. The molecule has 0 saturated carbocycles. The molecule has 0 saturated heterocycles. The molecule has 0 aromatic heterocycles. The molecular formula is C86H168O17P2. The Labute approximate surface area is 645 Å². The van der Waals surface area contributed by atoms with Crippen molar-refractivity contribution in [2.24, 2.45) is 11.8 Å². The normalized spacial score (nSPS) is 13.8. The number of phosphoric ester groups is 2. The molecule has 0 bridgehead atoms. The van der Waals surface area contributed by atoms with Crippen LogP contribution < -0.4 is 0 Å². The molecule has 0 aliphatic rings. The first-order valence-corrected chi connectivity index (χ1v) is 47.5. The lowest BCUT2D eigenvalue weighted by Crippen LogP contribution is -2.30. The smallest absolute Gasteiger partial charge is 0.462 e. The summed E-state index contributed by atoms with van der Waals surface area (Å²) in [6.45, 7) is 9.70. The van der Waals surface area contributed by atoms with Crippen molar-refractivity contribution in [3.05, 3.63) is 0 Å². The molecule has 17 nitrogen and oxygen atoms in total. The predicted octanol–water partition coefficient (Wildman–Crippen LogP) is 26.2. The van der Waals surface area contributed by atoms with Crippen LogP contribution in [0.15, 0.2) is 0 Å². The average molecular weight is 1540 g/mol. The van der Waals surface area contributed by atoms with E-state index in [0.29, 0.717) is 25.7 Å². The van der Waals surface area contributed by atoms with E-state index < -0.39 is 97.5 Å². The number of ether oxygens (including phenoxy) is 4. The number of hydrogen-bond acceptors (Lipinski definition) is 15. The van der Waals surface area contributed by atoms with Crippen LogP contribution in [0.5, 0.6) is 0 Å². The van der Waals surface area contributed by atoms with E-state index in [-0.39, 0.29) is 25.7 Å². The van der Waals surface area contributed by atoms with Crippen LogP contribution in [-0.2, 0) is 65.4 Å². The van der Waals surface area contributed by atoms with E-state index in [4.69, 9.17) is 37.0 Å². The summed E-state index contributed by atoms with van der Waals surface area (Å²) in [4.78, 5) is 73.3. The minimum absolute atomic E-state index is 0.108. The first-order valence-electron chi connectivity index (χ1n) is 44.5. The van der Waals surface area contributed by atoms with Crippen molar-refractivity contribution >= 4 is 39.5 Å². The average Bonchev–Trinajstić information content (AvgIpc) is 0.916. The molecule has 624 valence electrons. The van der Waals surface area contributed by atoms with Gasteiger partial charge in [0, 0.05) is 25.7 Å². The molecule has 0 fully saturated rings. The van der Waals surface area contributed by atoms with Crippen LogP contribution >= 0.6 is 15.6 Å². The van der Waals surface area contributed by atoms with Gasteiger partial charge in [-0.2, -0.15) is 0 Å². The zero-order valence-electron chi connectivity index (χ0n) is 69.0. The zero-order valence-corrected chi connectivity index (χ0v) is 70.8. The molecule has 0 spiro atoms. The van der Waals surface area contributed by atoms with Gasteiger partial charge in [0.2, 0.25) is 0 Å². The summed E-state index contributed by atoms with van der Waals surface area (Å²) in [5.41, 5.74) is 0. The molecule has 0 aromatic rings. The van der Waals surface area contributed by atoms with Crippen molar-refractivity contribution in [1.29, 1.82) is 0 Å². The minimum Gasteiger partial charge on any atom is -0.462 e. The summed E-state index contributed by atoms with van der Waals surface area (Å²) in [5.74, 6) is -0.532. The van der Waals surface area contributed by atoms with Gasteiger partial charge in [0.25, 0.3) is 0 Å². The topological polar surface area (TPSA) is 237 Å². The van der Waals surface area contributed by atoms with E-state index in [1.54, 1.807) is 0 Å². The number of unbranched alkanes of at least 4 members (excludes halogenated alkanes) is 55. The van der Waals surface area contributed by atoms with Gasteiger partial charge in [0.1, 0.15) is 19.3 Å². The Kier molecular flexibility index (Phi) is 76.0. The van der Waals surface area contributed by atoms with Gasteiger partial charge in [-0.25, -0.2) is 9.13 Å². The molecule has 0 aromatic carbocycles. The highest BCUT2D eigenvalue weighted by Gasteiger charge is 2.30. The molecule has 0 amide bonds. The largest absolute Gasteiger partial charge is 0.472 e. The van der Waals surface area contributed by atoms with Gasteiger partial charge in [-0.3, -0.25) is 37.3 Å². The molecule has 105 heavy (non-hydrogen) atoms. The van der Waals surface area contributed by atoms with Gasteiger partial charge >= 0.3 is 39.5 Å². The van der Waals surface area contributed by atoms with E-state index in [0.717, 1.165) is 102 Å². The predicted molar refractivity (Wildman–Crippen MR) is 432 cm³/mol. The van der Waals surface area contributed by atoms with Crippen molar-refractivity contribution in [3.63, 3.8) is 0 Å². The molecule has 0 radical (unpaired) electrons. The van der Waals surface area contributed by atoms with Crippen LogP contribution in [0.25, 0.3) is 0 Å². The molecule has 2 unspecified atom stereocenters. The number of rotatable bonds is 85. The molecule has 0 rings (SSSR count). The van der Waals surface area contributed by atoms with E-state index in [9.17, 15) is 43.2 Å². The number of phosphoric acid groups is 2. The summed E-state index contributed by atoms with van der Waals surface area (Å²) < 4.78 is 68.9. The first kappa shape index (κ1) is 103. The van der Waals surface area contributed by atoms with Gasteiger partial charge in [0.15, 0.2) is 12.2 Å². The number of carbonyl (C=O) groups is 4. The number of hydrogen-bond donors (Lipinski definition) is 3. The molecular weight excluding hydrogens is 1370 g/mol. The monoisotopic (exact) mass is 1540 g/mol. The van der Waals surface area contributed by atoms with Crippen molar-refractivity contribution in [2.75, 3.05) is 39.6 Å². The second-order valence-electron chi connectivity index (χ2n) is 31.9. The van der Waals surface area contributed by atoms with Gasteiger partial charge in [0.05, 0.1) is 26.4 Å². The highest BCUT2D eigenvalue weighted by molar-refractivity contribution is 7.47. The number of esters is 4. The molecule has 19 heteroatoms. The summed E-state index contributed by atoms with van der Waals surface area (Å²) in [6.07, 6.45) is 69.3. The van der Waals surface area contributed by atoms with Crippen LogP contribution in [0.4, 0.5) is 0 Å². The summed E-state index contributed by atoms with van der Waals surface area (Å²) in [6, 6.07) is 0. The lowest BCUT2D eigenvalue weighted by molar-refractivity contribution is -0.161. The number of aliphatic hydroxyl groups excluding tert-OH is 1. The van der Waals surface area contributed by atoms with Gasteiger partial charge < -0.3 is 33.8 Å². The van der Waals surface area contributed by atoms with Crippen molar-refractivity contribution < 1.29 is 80.2 Å². The molecule has 3 N–H and O–H groups in total. The summed E-state index contributed by atoms with van der Waals surface area (Å²) >= 11 is 0. The van der Waals surface area contributed by atoms with Gasteiger partial charge in [-0.05, 0) is 37.5 Å². The van der Waals surface area contributed by atoms with Crippen molar-refractivity contribution in [2.45, 2.75) is 477 Å². The van der Waals surface area contributed by atoms with E-state index in [1.165, 1.54) is 276 Å². The Hall–Kier alpha value is -1.94. The van der Waals surface area contributed by atoms with Gasteiger partial charge in [-0.15, -0.1) is 0 Å². The minimum atomic E-state index is -4.97. The maximum Gasteiger partial charge on any atom is 0.472 e. The fraction of sp³-hybridized carbons (Fsp3) is 0.953. The lowest BCUT2D eigenvalue weighted by Gasteiger charge is -2.21. The Morgan fingerprint density at radius 2 is 0.438 bits per heavy atom. The number of carbonyl (C=O) groups excluding carboxylic acids is 4. The Morgan fingerprint density at radius 1 is 0.257 bits per heavy atom. The Morgan fingerprint density at radius 3 is 0.648 bits per heavy atom. The SMILES string of the molecule is CCCCCCCCCCCCCCCCCCCCCC(=O)OC[C@H](COP(=O)(O)OC[C@@H](O)COP(=O)(O)OC[C@@H](COC(=O)CCCCCCCCCCCCC(C)C)OC(=O)CCCCCCCCCCCCCCCC)OC(=O)CCCCCCCCCCCCCCCCCCC(C)C. The van der Waals surface area contributed by atoms with E-state index in [1.807, 2.05) is 0 Å². The van der Waals surface area contributed by atoms with Gasteiger partial charge in [-0.1, -0.05) is 408 Å². The van der Waals surface area contributed by atoms with Crippen molar-refractivity contribution in [1.82, 2.24) is 0 Å². The zero-order chi connectivity index (χ0) is 77.1. The van der Waals surface area contributed by atoms with Crippen LogP contribution in [0.1, 0.15) is 459 Å². The third-order valence-corrected chi connectivity index (χ3v) is 22.1. The van der Waals surface area contributed by atoms with Crippen LogP contribution in [0.3, 0.4) is 0 Å². The quantitative estimate of drug-likeness (QED) is 0.0222. The van der Waals surface area contributed by atoms with Crippen LogP contribution in [-0.4, -0.2) is 96.7 Å². The van der Waals surface area contributed by atoms with Crippen LogP contribution in [0, 0.1) is 11.8 Å². The molecule has 0 heterocycles. The fourth-order valence-electron chi connectivity index (χ4n) is 13.4. The second kappa shape index (κ2) is 77.4. The second-order valence-corrected chi connectivity index (χ2v) is 34.8. The first-order chi connectivity index (χ1) is 50.9. The van der Waals surface area contributed by atoms with Crippen molar-refractivity contribution in [3.8, 4) is 0 Å². The van der Waals surface area contributed by atoms with Crippen LogP contribution in [0.2, 0.25) is 0 Å². The maximum absolute atomic E-state index is 13.2. The maximum atomic E-state index is 13.2.